The van der Waals surface area contributed by atoms with E-state index in [0.717, 1.165) is 5.39 Å². The standard InChI is InChI=1S/C24H21ClN2O5S/c25-17-7-6-10-19(15-17)33(29,30)27-14-13-26-24(28)23-21(16-31-18-8-2-1-3-9-18)20-11-4-5-12-22(20)32-23/h1-12,15,27H,13-14,16H2,(H,26,28). The third kappa shape index (κ3) is 5.54. The van der Waals surface area contributed by atoms with Crippen LogP contribution in [0.2, 0.25) is 5.02 Å². The van der Waals surface area contributed by atoms with Gasteiger partial charge in [0, 0.05) is 29.1 Å². The molecule has 170 valence electrons. The van der Waals surface area contributed by atoms with E-state index in [4.69, 9.17) is 20.8 Å². The molecular weight excluding hydrogens is 464 g/mol. The minimum absolute atomic E-state index is 0.00331. The number of furan rings is 1. The lowest BCUT2D eigenvalue weighted by Crippen LogP contribution is -2.34. The monoisotopic (exact) mass is 484 g/mol. The van der Waals surface area contributed by atoms with Crippen LogP contribution in [-0.2, 0) is 16.6 Å². The zero-order valence-corrected chi connectivity index (χ0v) is 19.0. The van der Waals surface area contributed by atoms with E-state index in [2.05, 4.69) is 10.0 Å². The zero-order valence-electron chi connectivity index (χ0n) is 17.5. The molecule has 1 aromatic heterocycles. The second-order valence-corrected chi connectivity index (χ2v) is 9.32. The van der Waals surface area contributed by atoms with Gasteiger partial charge in [-0.1, -0.05) is 54.1 Å². The molecule has 0 atom stereocenters. The Morgan fingerprint density at radius 3 is 2.48 bits per heavy atom. The summed E-state index contributed by atoms with van der Waals surface area (Å²) >= 11 is 5.86. The van der Waals surface area contributed by atoms with E-state index < -0.39 is 15.9 Å². The summed E-state index contributed by atoms with van der Waals surface area (Å²) in [6.45, 7) is 0.205. The summed E-state index contributed by atoms with van der Waals surface area (Å²) in [6, 6.07) is 22.5. The number of para-hydroxylation sites is 2. The van der Waals surface area contributed by atoms with E-state index in [-0.39, 0.29) is 30.4 Å². The topological polar surface area (TPSA) is 97.6 Å². The maximum Gasteiger partial charge on any atom is 0.287 e. The van der Waals surface area contributed by atoms with Gasteiger partial charge in [0.25, 0.3) is 5.91 Å². The van der Waals surface area contributed by atoms with Crippen molar-refractivity contribution < 1.29 is 22.4 Å². The smallest absolute Gasteiger partial charge is 0.287 e. The maximum atomic E-state index is 12.8. The number of hydrogen-bond acceptors (Lipinski definition) is 5. The highest BCUT2D eigenvalue weighted by molar-refractivity contribution is 7.89. The summed E-state index contributed by atoms with van der Waals surface area (Å²) < 4.78 is 38.8. The summed E-state index contributed by atoms with van der Waals surface area (Å²) in [5.41, 5.74) is 1.18. The molecule has 0 spiro atoms. The van der Waals surface area contributed by atoms with Crippen molar-refractivity contribution in [2.24, 2.45) is 0 Å². The lowest BCUT2D eigenvalue weighted by molar-refractivity contribution is 0.0925. The van der Waals surface area contributed by atoms with Crippen LogP contribution in [-0.4, -0.2) is 27.4 Å². The fraction of sp³-hybridized carbons (Fsp3) is 0.125. The summed E-state index contributed by atoms with van der Waals surface area (Å²) in [5, 5.41) is 3.79. The van der Waals surface area contributed by atoms with E-state index in [1.54, 1.807) is 18.2 Å². The Kier molecular flexibility index (Phi) is 6.98. The van der Waals surface area contributed by atoms with Gasteiger partial charge in [-0.25, -0.2) is 13.1 Å². The molecule has 0 fully saturated rings. The van der Waals surface area contributed by atoms with Gasteiger partial charge in [-0.2, -0.15) is 0 Å². The molecule has 0 bridgehead atoms. The van der Waals surface area contributed by atoms with Gasteiger partial charge in [0.2, 0.25) is 10.0 Å². The van der Waals surface area contributed by atoms with Crippen molar-refractivity contribution in [3.8, 4) is 5.75 Å². The number of carbonyl (C=O) groups is 1. The predicted octanol–water partition coefficient (Wildman–Crippen LogP) is 4.37. The second kappa shape index (κ2) is 10.1. The van der Waals surface area contributed by atoms with Crippen LogP contribution in [0.25, 0.3) is 11.0 Å². The second-order valence-electron chi connectivity index (χ2n) is 7.12. The highest BCUT2D eigenvalue weighted by Gasteiger charge is 2.21. The third-order valence-electron chi connectivity index (χ3n) is 4.84. The number of rotatable bonds is 9. The molecule has 1 heterocycles. The number of halogens is 1. The summed E-state index contributed by atoms with van der Waals surface area (Å²) in [7, 11) is -3.74. The van der Waals surface area contributed by atoms with Crippen LogP contribution in [0.15, 0.2) is 88.2 Å². The van der Waals surface area contributed by atoms with Crippen molar-refractivity contribution in [3.05, 3.63) is 95.2 Å². The lowest BCUT2D eigenvalue weighted by atomic mass is 10.1. The van der Waals surface area contributed by atoms with E-state index in [1.807, 2.05) is 48.5 Å². The maximum absolute atomic E-state index is 12.8. The van der Waals surface area contributed by atoms with Crippen LogP contribution in [0.3, 0.4) is 0 Å². The van der Waals surface area contributed by atoms with Gasteiger partial charge in [-0.15, -0.1) is 0 Å². The van der Waals surface area contributed by atoms with Gasteiger partial charge in [0.15, 0.2) is 5.76 Å². The Morgan fingerprint density at radius 2 is 1.70 bits per heavy atom. The number of ether oxygens (including phenoxy) is 1. The normalized spacial score (nSPS) is 11.4. The molecule has 0 saturated carbocycles. The summed E-state index contributed by atoms with van der Waals surface area (Å²) in [6.07, 6.45) is 0. The van der Waals surface area contributed by atoms with Gasteiger partial charge in [0.05, 0.1) is 4.90 Å². The molecule has 0 saturated heterocycles. The van der Waals surface area contributed by atoms with Crippen LogP contribution >= 0.6 is 11.6 Å². The first-order chi connectivity index (χ1) is 15.9. The van der Waals surface area contributed by atoms with Gasteiger partial charge in [-0.05, 0) is 36.4 Å². The van der Waals surface area contributed by atoms with Crippen LogP contribution in [0.1, 0.15) is 16.1 Å². The summed E-state index contributed by atoms with van der Waals surface area (Å²) in [5.74, 6) is 0.342. The number of carbonyl (C=O) groups excluding carboxylic acids is 1. The molecule has 1 amide bonds. The number of hydrogen-bond donors (Lipinski definition) is 2. The molecule has 2 N–H and O–H groups in total. The largest absolute Gasteiger partial charge is 0.489 e. The van der Waals surface area contributed by atoms with E-state index in [9.17, 15) is 13.2 Å². The number of fused-ring (bicyclic) bond motifs is 1. The van der Waals surface area contributed by atoms with Gasteiger partial charge >= 0.3 is 0 Å². The number of amides is 1. The van der Waals surface area contributed by atoms with Crippen molar-refractivity contribution in [3.63, 3.8) is 0 Å². The molecule has 0 aliphatic heterocycles. The molecule has 9 heteroatoms. The van der Waals surface area contributed by atoms with E-state index in [0.29, 0.717) is 21.9 Å². The van der Waals surface area contributed by atoms with E-state index in [1.165, 1.54) is 12.1 Å². The molecule has 0 radical (unpaired) electrons. The Labute approximate surface area is 196 Å². The lowest BCUT2D eigenvalue weighted by Gasteiger charge is -2.09. The molecule has 4 rings (SSSR count). The number of nitrogens with one attached hydrogen (secondary N) is 2. The fourth-order valence-corrected chi connectivity index (χ4v) is 4.59. The van der Waals surface area contributed by atoms with Crippen LogP contribution in [0.4, 0.5) is 0 Å². The van der Waals surface area contributed by atoms with Crippen LogP contribution in [0, 0.1) is 0 Å². The van der Waals surface area contributed by atoms with Gasteiger partial charge < -0.3 is 14.5 Å². The minimum atomic E-state index is -3.74. The average molecular weight is 485 g/mol. The molecule has 4 aromatic rings. The molecule has 33 heavy (non-hydrogen) atoms. The van der Waals surface area contributed by atoms with E-state index >= 15 is 0 Å². The first kappa shape index (κ1) is 22.8. The molecule has 3 aromatic carbocycles. The van der Waals surface area contributed by atoms with Crippen LogP contribution < -0.4 is 14.8 Å². The first-order valence-electron chi connectivity index (χ1n) is 10.2. The summed E-state index contributed by atoms with van der Waals surface area (Å²) in [4.78, 5) is 12.9. The average Bonchev–Trinajstić information content (AvgIpc) is 3.20. The molecule has 0 unspecified atom stereocenters. The highest BCUT2D eigenvalue weighted by Crippen LogP contribution is 2.27. The number of sulfonamides is 1. The van der Waals surface area contributed by atoms with Crippen molar-refractivity contribution >= 4 is 38.5 Å². The third-order valence-corrected chi connectivity index (χ3v) is 6.53. The molecular formula is C24H21ClN2O5S. The van der Waals surface area contributed by atoms with Crippen molar-refractivity contribution in [2.75, 3.05) is 13.1 Å². The van der Waals surface area contributed by atoms with Crippen molar-refractivity contribution in [1.29, 1.82) is 0 Å². The predicted molar refractivity (Wildman–Crippen MR) is 126 cm³/mol. The van der Waals surface area contributed by atoms with Crippen LogP contribution in [0.5, 0.6) is 5.75 Å². The van der Waals surface area contributed by atoms with Gasteiger partial charge in [-0.3, -0.25) is 4.79 Å². The fourth-order valence-electron chi connectivity index (χ4n) is 3.26. The van der Waals surface area contributed by atoms with Crippen molar-refractivity contribution in [2.45, 2.75) is 11.5 Å². The Morgan fingerprint density at radius 1 is 0.939 bits per heavy atom. The number of benzene rings is 3. The van der Waals surface area contributed by atoms with Crippen molar-refractivity contribution in [1.82, 2.24) is 10.0 Å². The Bertz CT molecular complexity index is 1370. The first-order valence-corrected chi connectivity index (χ1v) is 12.0. The molecule has 0 aliphatic rings. The molecule has 7 nitrogen and oxygen atoms in total. The highest BCUT2D eigenvalue weighted by atomic mass is 35.5. The molecule has 0 aliphatic carbocycles. The zero-order chi connectivity index (χ0) is 23.3. The van der Waals surface area contributed by atoms with Gasteiger partial charge in [0.1, 0.15) is 17.9 Å². The quantitative estimate of drug-likeness (QED) is 0.344. The Balaban J connectivity index is 1.42. The SMILES string of the molecule is O=C(NCCNS(=O)(=O)c1cccc(Cl)c1)c1oc2ccccc2c1COc1ccccc1. The minimum Gasteiger partial charge on any atom is -0.489 e. The Hall–Kier alpha value is -3.33.